The van der Waals surface area contributed by atoms with Crippen LogP contribution in [0.2, 0.25) is 0 Å². The van der Waals surface area contributed by atoms with Crippen molar-refractivity contribution in [2.45, 2.75) is 24.8 Å². The first-order chi connectivity index (χ1) is 9.27. The molecule has 0 bridgehead atoms. The summed E-state index contributed by atoms with van der Waals surface area (Å²) in [4.78, 5) is 2.49. The number of benzene rings is 2. The van der Waals surface area contributed by atoms with Gasteiger partial charge in [0.25, 0.3) is 0 Å². The van der Waals surface area contributed by atoms with E-state index in [0.29, 0.717) is 5.41 Å². The Labute approximate surface area is 113 Å². The van der Waals surface area contributed by atoms with Crippen LogP contribution in [0.3, 0.4) is 0 Å². The molecule has 4 rings (SSSR count). The minimum Gasteiger partial charge on any atom is -0.399 e. The molecule has 1 fully saturated rings. The third-order valence-electron chi connectivity index (χ3n) is 4.53. The van der Waals surface area contributed by atoms with Gasteiger partial charge in [0.15, 0.2) is 0 Å². The van der Waals surface area contributed by atoms with Crippen molar-refractivity contribution >= 4 is 11.4 Å². The van der Waals surface area contributed by atoms with E-state index in [-0.39, 0.29) is 0 Å². The van der Waals surface area contributed by atoms with E-state index >= 15 is 0 Å². The summed E-state index contributed by atoms with van der Waals surface area (Å²) in [6.45, 7) is 2.13. The fraction of sp³-hybridized carbons (Fsp3) is 0.294. The topological polar surface area (TPSA) is 29.3 Å². The van der Waals surface area contributed by atoms with Gasteiger partial charge in [-0.2, -0.15) is 0 Å². The summed E-state index contributed by atoms with van der Waals surface area (Å²) in [5.41, 5.74) is 11.5. The Bertz CT molecular complexity index is 614. The largest absolute Gasteiger partial charge is 0.399 e. The third-order valence-corrected chi connectivity index (χ3v) is 4.53. The zero-order valence-electron chi connectivity index (χ0n) is 11.0. The highest BCUT2D eigenvalue weighted by Gasteiger charge is 2.49. The van der Waals surface area contributed by atoms with E-state index in [9.17, 15) is 0 Å². The van der Waals surface area contributed by atoms with Crippen molar-refractivity contribution in [1.29, 1.82) is 0 Å². The van der Waals surface area contributed by atoms with Gasteiger partial charge >= 0.3 is 0 Å². The summed E-state index contributed by atoms with van der Waals surface area (Å²) in [5.74, 6) is 0. The molecule has 1 saturated carbocycles. The van der Waals surface area contributed by atoms with Gasteiger partial charge in [-0.1, -0.05) is 24.3 Å². The molecule has 0 unspecified atom stereocenters. The molecule has 0 saturated heterocycles. The second-order valence-corrected chi connectivity index (χ2v) is 5.89. The Hall–Kier alpha value is -1.96. The fourth-order valence-corrected chi connectivity index (χ4v) is 3.37. The maximum Gasteiger partial charge on any atom is 0.0433 e. The van der Waals surface area contributed by atoms with Crippen molar-refractivity contribution in [3.8, 4) is 0 Å². The molecule has 0 aromatic heterocycles. The van der Waals surface area contributed by atoms with Gasteiger partial charge in [-0.3, -0.25) is 0 Å². The smallest absolute Gasteiger partial charge is 0.0433 e. The second kappa shape index (κ2) is 3.77. The van der Waals surface area contributed by atoms with Gasteiger partial charge in [-0.25, -0.2) is 0 Å². The van der Waals surface area contributed by atoms with Crippen LogP contribution in [-0.4, -0.2) is 6.54 Å². The quantitative estimate of drug-likeness (QED) is 0.787. The van der Waals surface area contributed by atoms with Crippen LogP contribution in [-0.2, 0) is 12.0 Å². The van der Waals surface area contributed by atoms with Crippen LogP contribution >= 0.6 is 0 Å². The number of rotatable bonds is 1. The average Bonchev–Trinajstić information content (AvgIpc) is 3.19. The Morgan fingerprint density at radius 3 is 2.53 bits per heavy atom. The van der Waals surface area contributed by atoms with Gasteiger partial charge in [-0.15, -0.1) is 0 Å². The monoisotopic (exact) mass is 250 g/mol. The molecule has 2 nitrogen and oxygen atoms in total. The molecule has 0 amide bonds. The lowest BCUT2D eigenvalue weighted by Gasteiger charge is -2.36. The first kappa shape index (κ1) is 10.9. The SMILES string of the molecule is Nc1ccc2c(c1)CN(c1ccccc1)CC21CC1. The molecule has 2 aromatic rings. The lowest BCUT2D eigenvalue weighted by atomic mass is 9.86. The number of hydrogen-bond acceptors (Lipinski definition) is 2. The maximum absolute atomic E-state index is 5.96. The number of nitrogen functional groups attached to an aromatic ring is 1. The maximum atomic E-state index is 5.96. The zero-order valence-corrected chi connectivity index (χ0v) is 11.0. The number of nitrogens with zero attached hydrogens (tertiary/aromatic N) is 1. The van der Waals surface area contributed by atoms with Gasteiger partial charge in [0.05, 0.1) is 0 Å². The van der Waals surface area contributed by atoms with E-state index < -0.39 is 0 Å². The molecule has 1 aliphatic carbocycles. The molecule has 1 aliphatic heterocycles. The van der Waals surface area contributed by atoms with Gasteiger partial charge in [0.2, 0.25) is 0 Å². The predicted molar refractivity (Wildman–Crippen MR) is 79.3 cm³/mol. The number of nitrogens with two attached hydrogens (primary N) is 1. The number of anilines is 2. The Kier molecular flexibility index (Phi) is 2.16. The highest BCUT2D eigenvalue weighted by molar-refractivity contribution is 5.57. The molecule has 2 aliphatic rings. The second-order valence-electron chi connectivity index (χ2n) is 5.89. The van der Waals surface area contributed by atoms with Gasteiger partial charge in [0.1, 0.15) is 0 Å². The molecule has 96 valence electrons. The lowest BCUT2D eigenvalue weighted by Crippen LogP contribution is -2.37. The average molecular weight is 250 g/mol. The van der Waals surface area contributed by atoms with Crippen LogP contribution in [0.5, 0.6) is 0 Å². The Morgan fingerprint density at radius 2 is 1.79 bits per heavy atom. The van der Waals surface area contributed by atoms with Crippen molar-refractivity contribution in [3.05, 3.63) is 59.7 Å². The lowest BCUT2D eigenvalue weighted by molar-refractivity contribution is 0.593. The van der Waals surface area contributed by atoms with Crippen molar-refractivity contribution in [3.63, 3.8) is 0 Å². The van der Waals surface area contributed by atoms with Crippen molar-refractivity contribution in [2.75, 3.05) is 17.2 Å². The van der Waals surface area contributed by atoms with Crippen LogP contribution in [0, 0.1) is 0 Å². The molecule has 19 heavy (non-hydrogen) atoms. The van der Waals surface area contributed by atoms with E-state index in [1.165, 1.54) is 29.7 Å². The van der Waals surface area contributed by atoms with E-state index in [4.69, 9.17) is 5.73 Å². The first-order valence-corrected chi connectivity index (χ1v) is 6.96. The number of hydrogen-bond donors (Lipinski definition) is 1. The van der Waals surface area contributed by atoms with Crippen LogP contribution < -0.4 is 10.6 Å². The molecule has 2 heteroatoms. The Morgan fingerprint density at radius 1 is 1.00 bits per heavy atom. The summed E-state index contributed by atoms with van der Waals surface area (Å²) in [5, 5.41) is 0. The van der Waals surface area contributed by atoms with Crippen molar-refractivity contribution in [2.24, 2.45) is 0 Å². The summed E-state index contributed by atoms with van der Waals surface area (Å²) in [7, 11) is 0. The van der Waals surface area contributed by atoms with E-state index in [1.807, 2.05) is 0 Å². The van der Waals surface area contributed by atoms with Gasteiger partial charge in [0, 0.05) is 29.9 Å². The van der Waals surface area contributed by atoms with Crippen LogP contribution in [0.15, 0.2) is 48.5 Å². The minimum absolute atomic E-state index is 0.400. The summed E-state index contributed by atoms with van der Waals surface area (Å²) in [6.07, 6.45) is 2.63. The summed E-state index contributed by atoms with van der Waals surface area (Å²) < 4.78 is 0. The van der Waals surface area contributed by atoms with Crippen molar-refractivity contribution in [1.82, 2.24) is 0 Å². The third kappa shape index (κ3) is 1.71. The van der Waals surface area contributed by atoms with Crippen LogP contribution in [0.25, 0.3) is 0 Å². The Balaban J connectivity index is 1.77. The molecule has 0 radical (unpaired) electrons. The molecule has 1 spiro atoms. The van der Waals surface area contributed by atoms with Gasteiger partial charge in [-0.05, 0) is 48.2 Å². The first-order valence-electron chi connectivity index (χ1n) is 6.96. The number of para-hydroxylation sites is 1. The molecular formula is C17H18N2. The molecule has 2 N–H and O–H groups in total. The van der Waals surface area contributed by atoms with Gasteiger partial charge < -0.3 is 10.6 Å². The van der Waals surface area contributed by atoms with E-state index in [1.54, 1.807) is 0 Å². The molecule has 1 heterocycles. The molecule has 0 atom stereocenters. The van der Waals surface area contributed by atoms with Crippen molar-refractivity contribution < 1.29 is 0 Å². The normalized spacial score (nSPS) is 19.3. The summed E-state index contributed by atoms with van der Waals surface area (Å²) >= 11 is 0. The minimum atomic E-state index is 0.400. The zero-order chi connectivity index (χ0) is 12.9. The highest BCUT2D eigenvalue weighted by Crippen LogP contribution is 2.53. The highest BCUT2D eigenvalue weighted by atomic mass is 15.2. The van der Waals surface area contributed by atoms with E-state index in [2.05, 4.69) is 53.4 Å². The standard InChI is InChI=1S/C17H18N2/c18-14-6-7-16-13(10-14)11-19(12-17(16)8-9-17)15-4-2-1-3-5-15/h1-7,10H,8-9,11-12,18H2. The molecular weight excluding hydrogens is 232 g/mol. The number of fused-ring (bicyclic) bond motifs is 2. The summed E-state index contributed by atoms with van der Waals surface area (Å²) in [6, 6.07) is 17.2. The van der Waals surface area contributed by atoms with Crippen LogP contribution in [0.1, 0.15) is 24.0 Å². The predicted octanol–water partition coefficient (Wildman–Crippen LogP) is 3.32. The van der Waals surface area contributed by atoms with E-state index in [0.717, 1.165) is 18.8 Å². The molecule has 2 aromatic carbocycles. The fourth-order valence-electron chi connectivity index (χ4n) is 3.37. The van der Waals surface area contributed by atoms with Crippen LogP contribution in [0.4, 0.5) is 11.4 Å².